The molecule has 0 aliphatic carbocycles. The third-order valence-electron chi connectivity index (χ3n) is 5.01. The molecule has 28 heavy (non-hydrogen) atoms. The van der Waals surface area contributed by atoms with E-state index in [4.69, 9.17) is 15.2 Å². The van der Waals surface area contributed by atoms with Gasteiger partial charge in [-0.2, -0.15) is 10.2 Å². The Morgan fingerprint density at radius 3 is 2.89 bits per heavy atom. The average Bonchev–Trinajstić information content (AvgIpc) is 3.21. The van der Waals surface area contributed by atoms with Gasteiger partial charge in [0, 0.05) is 24.0 Å². The van der Waals surface area contributed by atoms with Crippen LogP contribution in [0.1, 0.15) is 19.3 Å². The number of nitrogens with zero attached hydrogens (tertiary/aromatic N) is 2. The fourth-order valence-corrected chi connectivity index (χ4v) is 3.48. The first-order chi connectivity index (χ1) is 13.6. The summed E-state index contributed by atoms with van der Waals surface area (Å²) in [6, 6.07) is 10.8. The molecule has 0 spiro atoms. The van der Waals surface area contributed by atoms with E-state index >= 15 is 0 Å². The van der Waals surface area contributed by atoms with Crippen LogP contribution in [-0.2, 0) is 4.74 Å². The lowest BCUT2D eigenvalue weighted by atomic mass is 9.79. The minimum absolute atomic E-state index is 0.251. The van der Waals surface area contributed by atoms with Gasteiger partial charge in [0.1, 0.15) is 5.75 Å². The molecule has 1 unspecified atom stereocenters. The minimum atomic E-state index is -1.56. The maximum absolute atomic E-state index is 9.57. The minimum Gasteiger partial charge on any atom is -0.493 e. The molecule has 2 heterocycles. The summed E-state index contributed by atoms with van der Waals surface area (Å²) in [5.74, 6) is 0.665. The van der Waals surface area contributed by atoms with Crippen molar-refractivity contribution < 1.29 is 19.5 Å². The standard InChI is InChI=1S/C20H22BN3O4/c22-18-12-23-24-19-10-13(3-5-16(18)19)17-11-14(21(25)26)4-6-20(17)28-9-7-15-2-1-8-27-15/h3-6,10-12,15,25-26H,1-2,7-9H2,(H2,22,24). The van der Waals surface area contributed by atoms with Gasteiger partial charge in [0.2, 0.25) is 0 Å². The summed E-state index contributed by atoms with van der Waals surface area (Å²) in [5.41, 5.74) is 9.16. The van der Waals surface area contributed by atoms with Crippen molar-refractivity contribution >= 4 is 29.2 Å². The van der Waals surface area contributed by atoms with Gasteiger partial charge in [-0.15, -0.1) is 0 Å². The van der Waals surface area contributed by atoms with Crippen molar-refractivity contribution in [2.45, 2.75) is 25.4 Å². The summed E-state index contributed by atoms with van der Waals surface area (Å²) in [6.45, 7) is 1.35. The van der Waals surface area contributed by atoms with Crippen molar-refractivity contribution in [3.05, 3.63) is 42.6 Å². The van der Waals surface area contributed by atoms with Crippen molar-refractivity contribution in [3.8, 4) is 16.9 Å². The fraction of sp³-hybridized carbons (Fsp3) is 0.300. The number of nitrogen functional groups attached to an aromatic ring is 1. The smallest absolute Gasteiger partial charge is 0.488 e. The maximum Gasteiger partial charge on any atom is 0.488 e. The Morgan fingerprint density at radius 2 is 2.11 bits per heavy atom. The molecule has 1 atom stereocenters. The highest BCUT2D eigenvalue weighted by Crippen LogP contribution is 2.32. The predicted octanol–water partition coefficient (Wildman–Crippen LogP) is 1.51. The van der Waals surface area contributed by atoms with E-state index < -0.39 is 7.12 Å². The fourth-order valence-electron chi connectivity index (χ4n) is 3.48. The van der Waals surface area contributed by atoms with Gasteiger partial charge in [-0.3, -0.25) is 0 Å². The highest BCUT2D eigenvalue weighted by Gasteiger charge is 2.18. The molecular weight excluding hydrogens is 357 g/mol. The molecule has 7 nitrogen and oxygen atoms in total. The largest absolute Gasteiger partial charge is 0.493 e. The first kappa shape index (κ1) is 18.7. The van der Waals surface area contributed by atoms with Crippen LogP contribution in [0.25, 0.3) is 22.0 Å². The second-order valence-electron chi connectivity index (χ2n) is 6.93. The monoisotopic (exact) mass is 379 g/mol. The van der Waals surface area contributed by atoms with Gasteiger partial charge < -0.3 is 25.3 Å². The molecule has 0 saturated carbocycles. The lowest BCUT2D eigenvalue weighted by molar-refractivity contribution is 0.0904. The lowest BCUT2D eigenvalue weighted by Crippen LogP contribution is -2.29. The van der Waals surface area contributed by atoms with Crippen LogP contribution in [0.5, 0.6) is 5.75 Å². The summed E-state index contributed by atoms with van der Waals surface area (Å²) in [6.07, 6.45) is 4.76. The second kappa shape index (κ2) is 8.14. The summed E-state index contributed by atoms with van der Waals surface area (Å²) in [5, 5.41) is 28.0. The zero-order chi connectivity index (χ0) is 19.5. The van der Waals surface area contributed by atoms with Crippen molar-refractivity contribution in [2.24, 2.45) is 0 Å². The van der Waals surface area contributed by atoms with Crippen LogP contribution < -0.4 is 15.9 Å². The molecule has 0 amide bonds. The Hall–Kier alpha value is -2.68. The van der Waals surface area contributed by atoms with E-state index in [1.807, 2.05) is 18.2 Å². The van der Waals surface area contributed by atoms with Crippen molar-refractivity contribution in [3.63, 3.8) is 0 Å². The van der Waals surface area contributed by atoms with Gasteiger partial charge in [0.15, 0.2) is 0 Å². The number of aromatic nitrogens is 2. The normalized spacial score (nSPS) is 16.4. The second-order valence-corrected chi connectivity index (χ2v) is 6.93. The predicted molar refractivity (Wildman–Crippen MR) is 108 cm³/mol. The first-order valence-corrected chi connectivity index (χ1v) is 9.37. The number of rotatable bonds is 6. The number of fused-ring (bicyclic) bond motifs is 1. The van der Waals surface area contributed by atoms with E-state index in [9.17, 15) is 10.0 Å². The molecule has 144 valence electrons. The number of anilines is 1. The number of hydrogen-bond donors (Lipinski definition) is 3. The van der Waals surface area contributed by atoms with Crippen LogP contribution in [0, 0.1) is 0 Å². The van der Waals surface area contributed by atoms with Crippen LogP contribution >= 0.6 is 0 Å². The molecule has 1 fully saturated rings. The maximum atomic E-state index is 9.57. The molecular formula is C20H22BN3O4. The number of benzene rings is 2. The molecule has 0 radical (unpaired) electrons. The molecule has 0 bridgehead atoms. The Labute approximate surface area is 163 Å². The van der Waals surface area contributed by atoms with E-state index in [0.717, 1.165) is 42.4 Å². The first-order valence-electron chi connectivity index (χ1n) is 9.37. The SMILES string of the molecule is Nc1cnnc2cc(-c3cc(B(O)O)ccc3OCCC3CCCO3)ccc12. The van der Waals surface area contributed by atoms with Crippen LogP contribution in [0.15, 0.2) is 42.6 Å². The molecule has 4 rings (SSSR count). The van der Waals surface area contributed by atoms with Crippen molar-refractivity contribution in [2.75, 3.05) is 18.9 Å². The molecule has 1 aliphatic rings. The zero-order valence-electron chi connectivity index (χ0n) is 15.4. The summed E-state index contributed by atoms with van der Waals surface area (Å²) in [7, 11) is -1.56. The van der Waals surface area contributed by atoms with Gasteiger partial charge >= 0.3 is 7.12 Å². The molecule has 1 saturated heterocycles. The number of ether oxygens (including phenoxy) is 2. The molecule has 4 N–H and O–H groups in total. The summed E-state index contributed by atoms with van der Waals surface area (Å²) < 4.78 is 11.7. The van der Waals surface area contributed by atoms with Crippen molar-refractivity contribution in [1.82, 2.24) is 10.2 Å². The number of hydrogen-bond acceptors (Lipinski definition) is 7. The molecule has 2 aromatic carbocycles. The van der Waals surface area contributed by atoms with E-state index in [-0.39, 0.29) is 6.10 Å². The molecule has 1 aromatic heterocycles. The summed E-state index contributed by atoms with van der Waals surface area (Å²) in [4.78, 5) is 0. The van der Waals surface area contributed by atoms with Gasteiger partial charge in [-0.1, -0.05) is 18.2 Å². The topological polar surface area (TPSA) is 111 Å². The van der Waals surface area contributed by atoms with Crippen LogP contribution in [0.3, 0.4) is 0 Å². The van der Waals surface area contributed by atoms with E-state index in [1.165, 1.54) is 6.20 Å². The quantitative estimate of drug-likeness (QED) is 0.557. The Bertz CT molecular complexity index is 977. The third kappa shape index (κ3) is 3.94. The van der Waals surface area contributed by atoms with E-state index in [2.05, 4.69) is 10.2 Å². The van der Waals surface area contributed by atoms with Gasteiger partial charge in [0.05, 0.1) is 30.1 Å². The zero-order valence-corrected chi connectivity index (χ0v) is 15.4. The number of nitrogens with two attached hydrogens (primary N) is 1. The van der Waals surface area contributed by atoms with Gasteiger partial charge in [0.25, 0.3) is 0 Å². The van der Waals surface area contributed by atoms with Crippen LogP contribution in [0.4, 0.5) is 5.69 Å². The highest BCUT2D eigenvalue weighted by atomic mass is 16.5. The molecule has 3 aromatic rings. The summed E-state index contributed by atoms with van der Waals surface area (Å²) >= 11 is 0. The average molecular weight is 379 g/mol. The highest BCUT2D eigenvalue weighted by molar-refractivity contribution is 6.58. The lowest BCUT2D eigenvalue weighted by Gasteiger charge is -2.15. The van der Waals surface area contributed by atoms with Crippen LogP contribution in [-0.4, -0.2) is 46.7 Å². The Morgan fingerprint density at radius 1 is 1.21 bits per heavy atom. The van der Waals surface area contributed by atoms with Gasteiger partial charge in [-0.25, -0.2) is 0 Å². The third-order valence-corrected chi connectivity index (χ3v) is 5.01. The molecule has 8 heteroatoms. The Kier molecular flexibility index (Phi) is 5.43. The van der Waals surface area contributed by atoms with E-state index in [1.54, 1.807) is 18.2 Å². The Balaban J connectivity index is 1.65. The van der Waals surface area contributed by atoms with Crippen LogP contribution in [0.2, 0.25) is 0 Å². The molecule has 1 aliphatic heterocycles. The van der Waals surface area contributed by atoms with Crippen molar-refractivity contribution in [1.29, 1.82) is 0 Å². The van der Waals surface area contributed by atoms with Gasteiger partial charge in [-0.05, 0) is 42.1 Å². The van der Waals surface area contributed by atoms with E-state index in [0.29, 0.717) is 29.0 Å².